The van der Waals surface area contributed by atoms with Gasteiger partial charge in [-0.05, 0) is 33.1 Å². The van der Waals surface area contributed by atoms with Crippen molar-refractivity contribution < 1.29 is 14.3 Å². The maximum atomic E-state index is 11.2. The molecule has 0 saturated heterocycles. The molecule has 0 aromatic carbocycles. The fraction of sp³-hybridized carbons (Fsp3) is 0.800. The molecule has 0 heterocycles. The number of rotatable bonds is 3. The molecule has 2 atom stereocenters. The predicted octanol–water partition coefficient (Wildman–Crippen LogP) is 1.49. The SMILES string of the molecule is CC(C)(C)OC(=O)N[C@@H]1C[C@H]1CC=O. The summed E-state index contributed by atoms with van der Waals surface area (Å²) in [6.07, 6.45) is 1.91. The number of amides is 1. The number of carbonyl (C=O) groups excluding carboxylic acids is 2. The predicted molar refractivity (Wildman–Crippen MR) is 51.9 cm³/mol. The Balaban J connectivity index is 2.20. The minimum atomic E-state index is -0.459. The van der Waals surface area contributed by atoms with Crippen molar-refractivity contribution >= 4 is 12.4 Å². The van der Waals surface area contributed by atoms with Crippen molar-refractivity contribution in [3.05, 3.63) is 0 Å². The lowest BCUT2D eigenvalue weighted by molar-refractivity contribution is -0.108. The third-order valence-electron chi connectivity index (χ3n) is 2.02. The van der Waals surface area contributed by atoms with E-state index in [1.807, 2.05) is 20.8 Å². The minimum Gasteiger partial charge on any atom is -0.444 e. The lowest BCUT2D eigenvalue weighted by atomic mass is 10.2. The van der Waals surface area contributed by atoms with Gasteiger partial charge >= 0.3 is 6.09 Å². The van der Waals surface area contributed by atoms with Crippen molar-refractivity contribution in [1.29, 1.82) is 0 Å². The van der Waals surface area contributed by atoms with Gasteiger partial charge in [0.05, 0.1) is 0 Å². The van der Waals surface area contributed by atoms with Crippen molar-refractivity contribution in [2.45, 2.75) is 45.3 Å². The van der Waals surface area contributed by atoms with Crippen molar-refractivity contribution in [1.82, 2.24) is 5.32 Å². The number of hydrogen-bond acceptors (Lipinski definition) is 3. The molecule has 1 fully saturated rings. The van der Waals surface area contributed by atoms with Gasteiger partial charge in [-0.1, -0.05) is 0 Å². The molecule has 14 heavy (non-hydrogen) atoms. The van der Waals surface area contributed by atoms with Gasteiger partial charge in [-0.2, -0.15) is 0 Å². The first-order valence-electron chi connectivity index (χ1n) is 4.85. The van der Waals surface area contributed by atoms with Crippen LogP contribution in [0, 0.1) is 5.92 Å². The van der Waals surface area contributed by atoms with Crippen LogP contribution in [0.1, 0.15) is 33.6 Å². The molecule has 0 aromatic heterocycles. The summed E-state index contributed by atoms with van der Waals surface area (Å²) >= 11 is 0. The summed E-state index contributed by atoms with van der Waals surface area (Å²) < 4.78 is 5.08. The lowest BCUT2D eigenvalue weighted by Crippen LogP contribution is -2.34. The Hall–Kier alpha value is -1.06. The average Bonchev–Trinajstić information content (AvgIpc) is 2.63. The fourth-order valence-corrected chi connectivity index (χ4v) is 1.27. The molecule has 1 rings (SSSR count). The second kappa shape index (κ2) is 3.98. The van der Waals surface area contributed by atoms with Gasteiger partial charge in [-0.3, -0.25) is 0 Å². The van der Waals surface area contributed by atoms with E-state index < -0.39 is 11.7 Å². The maximum Gasteiger partial charge on any atom is 0.407 e. The molecule has 1 saturated carbocycles. The lowest BCUT2D eigenvalue weighted by Gasteiger charge is -2.19. The Morgan fingerprint density at radius 3 is 2.71 bits per heavy atom. The van der Waals surface area contributed by atoms with Crippen LogP contribution in [0.4, 0.5) is 4.79 Å². The summed E-state index contributed by atoms with van der Waals surface area (Å²) in [6, 6.07) is 0.134. The summed E-state index contributed by atoms with van der Waals surface area (Å²) in [5.41, 5.74) is -0.459. The summed E-state index contributed by atoms with van der Waals surface area (Å²) in [5.74, 6) is 0.319. The van der Waals surface area contributed by atoms with Gasteiger partial charge < -0.3 is 14.8 Å². The molecule has 0 radical (unpaired) electrons. The highest BCUT2D eigenvalue weighted by molar-refractivity contribution is 5.68. The largest absolute Gasteiger partial charge is 0.444 e. The van der Waals surface area contributed by atoms with E-state index >= 15 is 0 Å². The van der Waals surface area contributed by atoms with E-state index in [9.17, 15) is 9.59 Å². The highest BCUT2D eigenvalue weighted by atomic mass is 16.6. The van der Waals surface area contributed by atoms with E-state index in [1.54, 1.807) is 0 Å². The van der Waals surface area contributed by atoms with E-state index in [1.165, 1.54) is 0 Å². The van der Waals surface area contributed by atoms with Gasteiger partial charge in [-0.15, -0.1) is 0 Å². The number of ether oxygens (including phenoxy) is 1. The Bertz CT molecular complexity index is 232. The van der Waals surface area contributed by atoms with Crippen molar-refractivity contribution in [2.24, 2.45) is 5.92 Å². The summed E-state index contributed by atoms with van der Waals surface area (Å²) in [4.78, 5) is 21.4. The third-order valence-corrected chi connectivity index (χ3v) is 2.02. The summed E-state index contributed by atoms with van der Waals surface area (Å²) in [6.45, 7) is 5.47. The van der Waals surface area contributed by atoms with Gasteiger partial charge in [0.1, 0.15) is 11.9 Å². The number of alkyl carbamates (subject to hydrolysis) is 1. The number of nitrogens with one attached hydrogen (secondary N) is 1. The van der Waals surface area contributed by atoms with Crippen LogP contribution in [0.25, 0.3) is 0 Å². The zero-order valence-corrected chi connectivity index (χ0v) is 8.87. The van der Waals surface area contributed by atoms with E-state index in [2.05, 4.69) is 5.32 Å². The first-order valence-corrected chi connectivity index (χ1v) is 4.85. The molecule has 1 N–H and O–H groups in total. The highest BCUT2D eigenvalue weighted by Gasteiger charge is 2.38. The second-order valence-corrected chi connectivity index (χ2v) is 4.65. The van der Waals surface area contributed by atoms with Crippen LogP contribution < -0.4 is 5.32 Å². The van der Waals surface area contributed by atoms with Crippen LogP contribution in [-0.4, -0.2) is 24.0 Å². The molecule has 0 unspecified atom stereocenters. The average molecular weight is 199 g/mol. The zero-order valence-electron chi connectivity index (χ0n) is 8.87. The first-order chi connectivity index (χ1) is 6.42. The van der Waals surface area contributed by atoms with Gasteiger partial charge in [-0.25, -0.2) is 4.79 Å². The highest BCUT2D eigenvalue weighted by Crippen LogP contribution is 2.32. The van der Waals surface area contributed by atoms with Crippen molar-refractivity contribution in [3.63, 3.8) is 0 Å². The van der Waals surface area contributed by atoms with Gasteiger partial charge in [0, 0.05) is 12.5 Å². The molecule has 0 bridgehead atoms. The minimum absolute atomic E-state index is 0.134. The summed E-state index contributed by atoms with van der Waals surface area (Å²) in [5, 5.41) is 2.73. The molecule has 1 amide bonds. The molecule has 1 aliphatic carbocycles. The van der Waals surface area contributed by atoms with Gasteiger partial charge in [0.25, 0.3) is 0 Å². The topological polar surface area (TPSA) is 55.4 Å². The van der Waals surface area contributed by atoms with Crippen LogP contribution in [0.2, 0.25) is 0 Å². The second-order valence-electron chi connectivity index (χ2n) is 4.65. The molecule has 4 heteroatoms. The molecular weight excluding hydrogens is 182 g/mol. The maximum absolute atomic E-state index is 11.2. The standard InChI is InChI=1S/C10H17NO3/c1-10(2,3)14-9(13)11-8-6-7(8)4-5-12/h5,7-8H,4,6H2,1-3H3,(H,11,13)/t7-,8-/m1/s1. The van der Waals surface area contributed by atoms with Crippen LogP contribution >= 0.6 is 0 Å². The Morgan fingerprint density at radius 2 is 2.21 bits per heavy atom. The van der Waals surface area contributed by atoms with E-state index in [4.69, 9.17) is 4.74 Å². The normalized spacial score (nSPS) is 25.4. The molecule has 0 aromatic rings. The molecule has 4 nitrogen and oxygen atoms in total. The number of hydrogen-bond donors (Lipinski definition) is 1. The third kappa shape index (κ3) is 3.77. The first kappa shape index (κ1) is 11.0. The zero-order chi connectivity index (χ0) is 10.8. The number of carbonyl (C=O) groups is 2. The smallest absolute Gasteiger partial charge is 0.407 e. The van der Waals surface area contributed by atoms with E-state index in [0.29, 0.717) is 12.3 Å². The number of aldehydes is 1. The molecule has 0 aliphatic heterocycles. The fourth-order valence-electron chi connectivity index (χ4n) is 1.27. The van der Waals surface area contributed by atoms with Gasteiger partial charge in [0.15, 0.2) is 0 Å². The Kier molecular flexibility index (Phi) is 3.13. The quantitative estimate of drug-likeness (QED) is 0.700. The summed E-state index contributed by atoms with van der Waals surface area (Å²) in [7, 11) is 0. The molecular formula is C10H17NO3. The Labute approximate surface area is 84.0 Å². The van der Waals surface area contributed by atoms with Crippen molar-refractivity contribution in [3.8, 4) is 0 Å². The van der Waals surface area contributed by atoms with E-state index in [-0.39, 0.29) is 6.04 Å². The van der Waals surface area contributed by atoms with Crippen LogP contribution in [0.3, 0.4) is 0 Å². The monoisotopic (exact) mass is 199 g/mol. The van der Waals surface area contributed by atoms with Crippen LogP contribution in [0.5, 0.6) is 0 Å². The molecule has 0 spiro atoms. The van der Waals surface area contributed by atoms with Crippen LogP contribution in [0.15, 0.2) is 0 Å². The van der Waals surface area contributed by atoms with Gasteiger partial charge in [0.2, 0.25) is 0 Å². The van der Waals surface area contributed by atoms with Crippen LogP contribution in [-0.2, 0) is 9.53 Å². The molecule has 1 aliphatic rings. The Morgan fingerprint density at radius 1 is 1.57 bits per heavy atom. The van der Waals surface area contributed by atoms with Crippen molar-refractivity contribution in [2.75, 3.05) is 0 Å². The van der Waals surface area contributed by atoms with E-state index in [0.717, 1.165) is 12.7 Å². The molecule has 80 valence electrons.